The summed E-state index contributed by atoms with van der Waals surface area (Å²) < 4.78 is 0. The molecule has 0 N–H and O–H groups in total. The molecule has 6 nitrogen and oxygen atoms in total. The van der Waals surface area contributed by atoms with Gasteiger partial charge in [-0.1, -0.05) is 97.1 Å². The van der Waals surface area contributed by atoms with Gasteiger partial charge in [0.15, 0.2) is 0 Å². The lowest BCUT2D eigenvalue weighted by atomic mass is 9.96. The number of rotatable bonds is 8. The molecular weight excluding hydrogens is 564 g/mol. The number of aromatic nitrogens is 4. The molecule has 8 aromatic rings. The number of hydrogen-bond acceptors (Lipinski definition) is 4. The summed E-state index contributed by atoms with van der Waals surface area (Å²) in [5, 5.41) is 27.3. The second-order valence-corrected chi connectivity index (χ2v) is 11.8. The van der Waals surface area contributed by atoms with E-state index in [0.717, 1.165) is 48.6 Å². The summed E-state index contributed by atoms with van der Waals surface area (Å²) in [6.45, 7) is 12.2. The quantitative estimate of drug-likeness (QED) is 0.163. The van der Waals surface area contributed by atoms with Crippen LogP contribution in [-0.4, -0.2) is 46.0 Å². The van der Waals surface area contributed by atoms with Gasteiger partial charge in [-0.05, 0) is 72.2 Å². The van der Waals surface area contributed by atoms with Crippen LogP contribution < -0.4 is 10.0 Å². The van der Waals surface area contributed by atoms with Crippen molar-refractivity contribution in [2.24, 2.45) is 0 Å². The highest BCUT2D eigenvalue weighted by Crippen LogP contribution is 2.39. The van der Waals surface area contributed by atoms with E-state index < -0.39 is 0 Å². The molecule has 2 heterocycles. The van der Waals surface area contributed by atoms with E-state index in [-0.39, 0.29) is 0 Å². The van der Waals surface area contributed by atoms with Crippen LogP contribution in [0.4, 0.5) is 0 Å². The van der Waals surface area contributed by atoms with Crippen LogP contribution in [0.3, 0.4) is 0 Å². The summed E-state index contributed by atoms with van der Waals surface area (Å²) >= 11 is 0. The van der Waals surface area contributed by atoms with Crippen molar-refractivity contribution in [3.8, 4) is 0 Å². The van der Waals surface area contributed by atoms with Gasteiger partial charge in [-0.25, -0.2) is 0 Å². The topological polar surface area (TPSA) is 42.1 Å². The second-order valence-electron chi connectivity index (χ2n) is 11.8. The predicted octanol–water partition coefficient (Wildman–Crippen LogP) is 9.12. The van der Waals surface area contributed by atoms with Crippen molar-refractivity contribution < 1.29 is 0 Å². The lowest BCUT2D eigenvalue weighted by Gasteiger charge is -2.23. The number of benzene rings is 6. The number of fused-ring (bicyclic) bond motifs is 12. The van der Waals surface area contributed by atoms with Crippen LogP contribution >= 0.6 is 0 Å². The van der Waals surface area contributed by atoms with Gasteiger partial charge in [-0.3, -0.25) is 10.0 Å². The molecule has 0 bridgehead atoms. The van der Waals surface area contributed by atoms with E-state index in [0.29, 0.717) is 0 Å². The Morgan fingerprint density at radius 3 is 1.04 bits per heavy atom. The summed E-state index contributed by atoms with van der Waals surface area (Å²) in [5.41, 5.74) is 4.20. The first kappa shape index (κ1) is 28.1. The van der Waals surface area contributed by atoms with Crippen molar-refractivity contribution >= 4 is 77.0 Å². The van der Waals surface area contributed by atoms with Crippen LogP contribution in [0.1, 0.15) is 39.1 Å². The van der Waals surface area contributed by atoms with E-state index in [1.807, 2.05) is 0 Å². The van der Waals surface area contributed by atoms with Crippen molar-refractivity contribution in [2.75, 3.05) is 36.2 Å². The number of hydrogen-bond donors (Lipinski definition) is 0. The molecule has 0 aliphatic rings. The van der Waals surface area contributed by atoms with E-state index in [4.69, 9.17) is 10.2 Å². The largest absolute Gasteiger partial charge is 0.297 e. The third-order valence-electron chi connectivity index (χ3n) is 9.54. The predicted molar refractivity (Wildman–Crippen MR) is 197 cm³/mol. The number of nitrogens with zero attached hydrogens (tertiary/aromatic N) is 6. The smallest absolute Gasteiger partial charge is 0.104 e. The molecule has 0 atom stereocenters. The molecule has 0 aliphatic carbocycles. The van der Waals surface area contributed by atoms with Crippen molar-refractivity contribution in [1.82, 2.24) is 19.8 Å². The molecular formula is C40H38N6. The zero-order chi connectivity index (χ0) is 31.4. The van der Waals surface area contributed by atoms with Crippen molar-refractivity contribution in [3.05, 3.63) is 108 Å². The highest BCUT2D eigenvalue weighted by atomic mass is 15.7. The molecule has 0 saturated carbocycles. The molecule has 0 aliphatic heterocycles. The SMILES string of the molecule is CCN(CC)n1nc2c3ccccc3c3ccccc3c2c1/C=C/c1c2c3ccccc3c3ccccc3c2nn1N(CC)CC. The maximum atomic E-state index is 5.33. The summed E-state index contributed by atoms with van der Waals surface area (Å²) in [6.07, 6.45) is 4.55. The van der Waals surface area contributed by atoms with Gasteiger partial charge in [-0.15, -0.1) is 0 Å². The third kappa shape index (κ3) is 4.09. The van der Waals surface area contributed by atoms with Gasteiger partial charge in [0.05, 0.1) is 11.4 Å². The molecule has 0 amide bonds. The molecule has 6 aromatic carbocycles. The van der Waals surface area contributed by atoms with E-state index in [9.17, 15) is 0 Å². The minimum atomic E-state index is 0.845. The van der Waals surface area contributed by atoms with Gasteiger partial charge in [0, 0.05) is 47.7 Å². The van der Waals surface area contributed by atoms with Crippen LogP contribution in [0, 0.1) is 0 Å². The van der Waals surface area contributed by atoms with Gasteiger partial charge in [-0.2, -0.15) is 19.8 Å². The Kier molecular flexibility index (Phi) is 6.86. The van der Waals surface area contributed by atoms with Gasteiger partial charge in [0.1, 0.15) is 11.0 Å². The van der Waals surface area contributed by atoms with E-state index in [1.165, 1.54) is 53.9 Å². The summed E-state index contributed by atoms with van der Waals surface area (Å²) in [5.74, 6) is 0. The zero-order valence-electron chi connectivity index (χ0n) is 26.9. The van der Waals surface area contributed by atoms with Crippen LogP contribution in [-0.2, 0) is 0 Å². The second kappa shape index (κ2) is 11.2. The van der Waals surface area contributed by atoms with Gasteiger partial charge in [0.25, 0.3) is 0 Å². The Morgan fingerprint density at radius 1 is 0.435 bits per heavy atom. The zero-order valence-corrected chi connectivity index (χ0v) is 26.9. The molecule has 46 heavy (non-hydrogen) atoms. The Bertz CT molecular complexity index is 2270. The lowest BCUT2D eigenvalue weighted by Crippen LogP contribution is -2.36. The Hall–Kier alpha value is -5.36. The fourth-order valence-corrected chi connectivity index (χ4v) is 7.34. The average Bonchev–Trinajstić information content (AvgIpc) is 3.68. The Balaban J connectivity index is 1.49. The molecule has 0 unspecified atom stereocenters. The highest BCUT2D eigenvalue weighted by Gasteiger charge is 2.22. The maximum Gasteiger partial charge on any atom is 0.104 e. The van der Waals surface area contributed by atoms with Gasteiger partial charge < -0.3 is 0 Å². The summed E-state index contributed by atoms with van der Waals surface area (Å²) in [7, 11) is 0. The monoisotopic (exact) mass is 602 g/mol. The molecule has 2 aromatic heterocycles. The van der Waals surface area contributed by atoms with Crippen LogP contribution in [0.15, 0.2) is 97.1 Å². The van der Waals surface area contributed by atoms with Crippen molar-refractivity contribution in [1.29, 1.82) is 0 Å². The van der Waals surface area contributed by atoms with Crippen LogP contribution in [0.2, 0.25) is 0 Å². The average molecular weight is 603 g/mol. The molecule has 0 spiro atoms. The summed E-state index contributed by atoms with van der Waals surface area (Å²) in [4.78, 5) is 4.27. The first-order chi connectivity index (χ1) is 22.7. The highest BCUT2D eigenvalue weighted by molar-refractivity contribution is 6.27. The first-order valence-electron chi connectivity index (χ1n) is 16.5. The van der Waals surface area contributed by atoms with E-state index in [1.54, 1.807) is 0 Å². The normalized spacial score (nSPS) is 12.2. The Morgan fingerprint density at radius 2 is 0.717 bits per heavy atom. The minimum Gasteiger partial charge on any atom is -0.297 e. The summed E-state index contributed by atoms with van der Waals surface area (Å²) in [6, 6.07) is 34.8. The Labute approximate surface area is 268 Å². The van der Waals surface area contributed by atoms with Crippen molar-refractivity contribution in [3.63, 3.8) is 0 Å². The fraction of sp³-hybridized carbons (Fsp3) is 0.200. The van der Waals surface area contributed by atoms with E-state index in [2.05, 4.69) is 157 Å². The lowest BCUT2D eigenvalue weighted by molar-refractivity contribution is 0.556. The van der Waals surface area contributed by atoms with E-state index >= 15 is 0 Å². The van der Waals surface area contributed by atoms with Gasteiger partial charge >= 0.3 is 0 Å². The molecule has 0 saturated heterocycles. The first-order valence-corrected chi connectivity index (χ1v) is 16.5. The van der Waals surface area contributed by atoms with Gasteiger partial charge in [0.2, 0.25) is 0 Å². The molecule has 228 valence electrons. The van der Waals surface area contributed by atoms with Crippen LogP contribution in [0.25, 0.3) is 77.0 Å². The molecule has 0 radical (unpaired) electrons. The van der Waals surface area contributed by atoms with Crippen molar-refractivity contribution in [2.45, 2.75) is 27.7 Å². The molecule has 8 rings (SSSR count). The molecule has 0 fully saturated rings. The standard InChI is InChI=1S/C40H38N6/c1-5-43(6-2)45-35(37-31-21-13-9-17-27(31)29-19-11-15-23-33(29)39(37)41-45)25-26-36-38-32-22-14-10-18-28(32)30-20-12-16-24-34(30)40(38)42-46(36)44(7-3)8-4/h9-26H,5-8H2,1-4H3/b26-25+. The fourth-order valence-electron chi connectivity index (χ4n) is 7.34. The molecule has 6 heteroatoms. The third-order valence-corrected chi connectivity index (χ3v) is 9.54. The minimum absolute atomic E-state index is 0.845. The maximum absolute atomic E-state index is 5.33. The van der Waals surface area contributed by atoms with Crippen LogP contribution in [0.5, 0.6) is 0 Å².